The fourth-order valence-electron chi connectivity index (χ4n) is 3.60. The summed E-state index contributed by atoms with van der Waals surface area (Å²) in [5, 5.41) is 9.35. The molecule has 0 bridgehead atoms. The molecule has 3 rings (SSSR count). The Labute approximate surface area is 188 Å². The van der Waals surface area contributed by atoms with Crippen LogP contribution in [0.1, 0.15) is 43.6 Å². The molecule has 9 heteroatoms. The zero-order valence-electron chi connectivity index (χ0n) is 19.0. The van der Waals surface area contributed by atoms with Crippen LogP contribution in [0.4, 0.5) is 4.39 Å². The van der Waals surface area contributed by atoms with Gasteiger partial charge in [-0.3, -0.25) is 4.79 Å². The highest BCUT2D eigenvalue weighted by Crippen LogP contribution is 2.43. The first-order valence-corrected chi connectivity index (χ1v) is 9.67. The summed E-state index contributed by atoms with van der Waals surface area (Å²) in [5.41, 5.74) is -1.04. The van der Waals surface area contributed by atoms with E-state index in [2.05, 4.69) is 0 Å². The summed E-state index contributed by atoms with van der Waals surface area (Å²) in [7, 11) is 3.05. The van der Waals surface area contributed by atoms with Gasteiger partial charge in [-0.15, -0.1) is 0 Å². The van der Waals surface area contributed by atoms with Gasteiger partial charge in [-0.1, -0.05) is 13.8 Å². The van der Waals surface area contributed by atoms with Crippen molar-refractivity contribution in [2.75, 3.05) is 27.4 Å². The monoisotopic (exact) mass is 454 g/mol. The van der Waals surface area contributed by atoms with Crippen LogP contribution < -0.4 is 14.9 Å². The van der Waals surface area contributed by atoms with Gasteiger partial charge in [0.25, 0.3) is 0 Å². The van der Waals surface area contributed by atoms with E-state index in [1.165, 1.54) is 11.7 Å². The normalized spacial score (nSPS) is 17.3. The zero-order valence-corrected chi connectivity index (χ0v) is 19.0. The van der Waals surface area contributed by atoms with Crippen molar-refractivity contribution in [1.29, 1.82) is 0 Å². The second kappa shape index (κ2) is 10.2. The lowest BCUT2D eigenvalue weighted by Gasteiger charge is -2.34. The van der Waals surface area contributed by atoms with Crippen molar-refractivity contribution in [3.8, 4) is 22.8 Å². The minimum Gasteiger partial charge on any atom is -0.493 e. The first-order chi connectivity index (χ1) is 14.7. The Morgan fingerprint density at radius 2 is 2.03 bits per heavy atom. The van der Waals surface area contributed by atoms with Gasteiger partial charge in [0.1, 0.15) is 5.56 Å². The molecular weight excluding hydrogens is 425 g/mol. The molecule has 0 unspecified atom stereocenters. The largest absolute Gasteiger partial charge is 0.493 e. The predicted octanol–water partition coefficient (Wildman–Crippen LogP) is 3.64. The average Bonchev–Trinajstić information content (AvgIpc) is 2.72. The van der Waals surface area contributed by atoms with E-state index in [1.807, 2.05) is 0 Å². The molecule has 2 aromatic rings. The van der Waals surface area contributed by atoms with Crippen molar-refractivity contribution >= 4 is 19.5 Å². The molecule has 0 amide bonds. The second-order valence-electron chi connectivity index (χ2n) is 7.39. The molecular formula is C22H28FNO6S. The van der Waals surface area contributed by atoms with Crippen LogP contribution in [-0.4, -0.2) is 43.1 Å². The van der Waals surface area contributed by atoms with E-state index in [1.54, 1.807) is 33.1 Å². The van der Waals surface area contributed by atoms with E-state index in [4.69, 9.17) is 15.6 Å². The molecule has 1 aromatic carbocycles. The van der Waals surface area contributed by atoms with Gasteiger partial charge in [0.05, 0.1) is 20.8 Å². The van der Waals surface area contributed by atoms with E-state index in [9.17, 15) is 14.7 Å². The number of carbonyl (C=O) groups is 1. The minimum atomic E-state index is -1.53. The molecule has 0 radical (unpaired) electrons. The number of aromatic nitrogens is 1. The Bertz CT molecular complexity index is 1070. The molecule has 1 aliphatic rings. The lowest BCUT2D eigenvalue weighted by Crippen LogP contribution is -2.30. The summed E-state index contributed by atoms with van der Waals surface area (Å²) in [6, 6.07) is 1.86. The van der Waals surface area contributed by atoms with Crippen LogP contribution in [0, 0.1) is 11.7 Å². The molecule has 31 heavy (non-hydrogen) atoms. The number of benzene rings is 1. The van der Waals surface area contributed by atoms with Gasteiger partial charge >= 0.3 is 5.97 Å². The number of rotatable bonds is 8. The highest BCUT2D eigenvalue weighted by atomic mass is 32.1. The second-order valence-corrected chi connectivity index (χ2v) is 7.39. The number of nitrogens with zero attached hydrogens (tertiary/aromatic N) is 1. The molecule has 0 aliphatic carbocycles. The number of aromatic carboxylic acids is 1. The Balaban J connectivity index is 0.00000363. The van der Waals surface area contributed by atoms with Crippen molar-refractivity contribution in [3.05, 3.63) is 45.5 Å². The molecule has 1 atom stereocenters. The number of methoxy groups -OCH3 is 2. The van der Waals surface area contributed by atoms with Gasteiger partial charge in [-0.2, -0.15) is 13.5 Å². The number of ether oxygens (including phenoxy) is 3. The van der Waals surface area contributed by atoms with E-state index in [0.29, 0.717) is 42.3 Å². The minimum absolute atomic E-state index is 0. The summed E-state index contributed by atoms with van der Waals surface area (Å²) < 4.78 is 41.8. The maximum Gasteiger partial charge on any atom is 0.341 e. The third-order valence-corrected chi connectivity index (χ3v) is 5.12. The summed E-state index contributed by atoms with van der Waals surface area (Å²) in [5.74, 6) is -2.25. The first kappa shape index (κ1) is 23.1. The molecule has 7 nitrogen and oxygen atoms in total. The quantitative estimate of drug-likeness (QED) is 0.613. The van der Waals surface area contributed by atoms with Gasteiger partial charge in [0.15, 0.2) is 17.3 Å². The van der Waals surface area contributed by atoms with Gasteiger partial charge in [-0.25, -0.2) is 9.18 Å². The average molecular weight is 455 g/mol. The highest BCUT2D eigenvalue weighted by Gasteiger charge is 2.32. The molecule has 2 heterocycles. The number of fused-ring (bicyclic) bond motifs is 3. The van der Waals surface area contributed by atoms with Crippen molar-refractivity contribution in [2.45, 2.75) is 32.7 Å². The third kappa shape index (κ3) is 4.72. The summed E-state index contributed by atoms with van der Waals surface area (Å²) >= 11 is 0. The van der Waals surface area contributed by atoms with Crippen LogP contribution in [-0.2, 0) is 11.2 Å². The number of hydrogen-bond acceptors (Lipinski definition) is 5. The van der Waals surface area contributed by atoms with Crippen LogP contribution in [0.5, 0.6) is 11.5 Å². The van der Waals surface area contributed by atoms with Crippen molar-refractivity contribution in [3.63, 3.8) is 0 Å². The zero-order chi connectivity index (χ0) is 22.9. The highest BCUT2D eigenvalue weighted by molar-refractivity contribution is 7.59. The van der Waals surface area contributed by atoms with Crippen LogP contribution in [0.15, 0.2) is 23.1 Å². The summed E-state index contributed by atoms with van der Waals surface area (Å²) in [4.78, 5) is 23.9. The molecule has 0 fully saturated rings. The van der Waals surface area contributed by atoms with Gasteiger partial charge in [0.2, 0.25) is 5.43 Å². The number of carboxylic acids is 1. The molecule has 1 aliphatic heterocycles. The Hall–Kier alpha value is -2.52. The van der Waals surface area contributed by atoms with Gasteiger partial charge in [-0.05, 0) is 30.0 Å². The fourth-order valence-corrected chi connectivity index (χ4v) is 3.60. The number of halogens is 1. The van der Waals surface area contributed by atoms with E-state index in [-0.39, 0.29) is 31.5 Å². The van der Waals surface area contributed by atoms with Gasteiger partial charge < -0.3 is 23.9 Å². The lowest BCUT2D eigenvalue weighted by molar-refractivity contribution is 0.0693. The summed E-state index contributed by atoms with van der Waals surface area (Å²) in [6.45, 7) is 4.50. The third-order valence-electron chi connectivity index (χ3n) is 5.12. The number of pyridine rings is 1. The van der Waals surface area contributed by atoms with Crippen LogP contribution in [0.2, 0.25) is 0 Å². The molecule has 0 spiro atoms. The van der Waals surface area contributed by atoms with Crippen molar-refractivity contribution in [1.82, 2.24) is 4.57 Å². The maximum absolute atomic E-state index is 15.2. The smallest absolute Gasteiger partial charge is 0.341 e. The standard InChI is InChI=1S/C22H26FNO6.H2S/c1-12(2)16-8-13-9-18(30-7-5-6-28-3)17(29-4)10-14(13)20-19(23)21(25)15(22(26)27)11-24(16)20;/h9-12,16H,5-8H2,1-4H3,(H,26,27);1H2/t16-;/m0./s1/i16D;. The van der Waals surface area contributed by atoms with Crippen molar-refractivity contribution in [2.24, 2.45) is 5.92 Å². The van der Waals surface area contributed by atoms with E-state index >= 15 is 4.39 Å². The molecule has 1 aromatic heterocycles. The SMILES string of the molecule is S.[2H][C@@]1(C(C)C)Cc2cc(OCCCOC)c(OC)cc2-c2c(F)c(=O)c(C(=O)O)cn21. The Kier molecular flexibility index (Phi) is 7.61. The maximum atomic E-state index is 15.2. The summed E-state index contributed by atoms with van der Waals surface area (Å²) in [6.07, 6.45) is 1.91. The topological polar surface area (TPSA) is 87.0 Å². The van der Waals surface area contributed by atoms with Crippen LogP contribution >= 0.6 is 13.5 Å². The molecule has 0 saturated heterocycles. The van der Waals surface area contributed by atoms with Crippen LogP contribution in [0.25, 0.3) is 11.3 Å². The molecule has 170 valence electrons. The van der Waals surface area contributed by atoms with Crippen molar-refractivity contribution < 1.29 is 29.9 Å². The van der Waals surface area contributed by atoms with E-state index in [0.717, 1.165) is 6.20 Å². The van der Waals surface area contributed by atoms with Crippen LogP contribution in [0.3, 0.4) is 0 Å². The van der Waals surface area contributed by atoms with E-state index < -0.39 is 28.8 Å². The lowest BCUT2D eigenvalue weighted by atomic mass is 9.87. The Morgan fingerprint density at radius 3 is 2.61 bits per heavy atom. The first-order valence-electron chi connectivity index (χ1n) is 10.2. The number of hydrogen-bond donors (Lipinski definition) is 1. The molecule has 1 N–H and O–H groups in total. The predicted molar refractivity (Wildman–Crippen MR) is 120 cm³/mol. The molecule has 0 saturated carbocycles. The fraction of sp³-hybridized carbons (Fsp3) is 0.455. The van der Waals surface area contributed by atoms with Gasteiger partial charge in [0, 0.05) is 37.9 Å². The Morgan fingerprint density at radius 1 is 1.32 bits per heavy atom. The number of carboxylic acid groups (broad SMARTS) is 1.